The molecule has 0 radical (unpaired) electrons. The summed E-state index contributed by atoms with van der Waals surface area (Å²) in [5, 5.41) is 18.7. The average Bonchev–Trinajstić information content (AvgIpc) is 2.84. The molecule has 0 unspecified atom stereocenters. The Balaban J connectivity index is 2.00. The van der Waals surface area contributed by atoms with E-state index in [9.17, 15) is 9.59 Å². The van der Waals surface area contributed by atoms with Gasteiger partial charge in [0, 0.05) is 17.7 Å². The number of carbonyl (C=O) groups excluding carboxylic acids is 1. The highest BCUT2D eigenvalue weighted by molar-refractivity contribution is 7.73. The van der Waals surface area contributed by atoms with E-state index in [-0.39, 0.29) is 18.7 Å². The second-order valence-corrected chi connectivity index (χ2v) is 5.60. The number of nitrogens with one attached hydrogen (secondary N) is 2. The smallest absolute Gasteiger partial charge is 0.303 e. The van der Waals surface area contributed by atoms with Crippen molar-refractivity contribution in [3.05, 3.63) is 28.2 Å². The molecule has 6 nitrogen and oxygen atoms in total. The van der Waals surface area contributed by atoms with Crippen molar-refractivity contribution in [2.24, 2.45) is 0 Å². The van der Waals surface area contributed by atoms with Crippen molar-refractivity contribution in [2.45, 2.75) is 12.8 Å². The Labute approximate surface area is 123 Å². The lowest BCUT2D eigenvalue weighted by molar-refractivity contribution is -0.138. The molecule has 0 saturated heterocycles. The first-order chi connectivity index (χ1) is 9.54. The summed E-state index contributed by atoms with van der Waals surface area (Å²) >= 11 is 6.33. The number of amides is 1. The molecule has 0 spiro atoms. The number of nitrogens with zero attached hydrogens (tertiary/aromatic N) is 1. The van der Waals surface area contributed by atoms with Crippen molar-refractivity contribution in [3.63, 3.8) is 0 Å². The molecule has 0 aliphatic carbocycles. The topological polar surface area (TPSA) is 95.1 Å². The van der Waals surface area contributed by atoms with Gasteiger partial charge in [0.1, 0.15) is 5.01 Å². The molecule has 1 amide bonds. The quantitative estimate of drug-likeness (QED) is 0.738. The normalized spacial score (nSPS) is 10.2. The van der Waals surface area contributed by atoms with E-state index in [1.165, 1.54) is 11.3 Å². The summed E-state index contributed by atoms with van der Waals surface area (Å²) in [4.78, 5) is 21.8. The van der Waals surface area contributed by atoms with Gasteiger partial charge in [-0.3, -0.25) is 14.7 Å². The standard InChI is InChI=1S/C12H11N3O3S2/c16-9(5-6-10(17)18)13-8-3-1-7(2-4-8)11-14-15-12(19)20-11/h1-4H,5-6H2,(H,13,16)(H,15,19)(H,17,18). The van der Waals surface area contributed by atoms with Crippen LogP contribution >= 0.6 is 23.6 Å². The molecule has 1 heterocycles. The summed E-state index contributed by atoms with van der Waals surface area (Å²) < 4.78 is 0.603. The number of aromatic amines is 1. The zero-order chi connectivity index (χ0) is 14.5. The van der Waals surface area contributed by atoms with Crippen molar-refractivity contribution in [1.29, 1.82) is 0 Å². The van der Waals surface area contributed by atoms with Crippen LogP contribution in [-0.4, -0.2) is 27.2 Å². The molecule has 0 saturated carbocycles. The van der Waals surface area contributed by atoms with Gasteiger partial charge in [-0.05, 0) is 36.5 Å². The molecule has 1 aromatic heterocycles. The Kier molecular flexibility index (Phi) is 4.59. The molecule has 0 aliphatic rings. The summed E-state index contributed by atoms with van der Waals surface area (Å²) in [6.07, 6.45) is -0.224. The largest absolute Gasteiger partial charge is 0.481 e. The molecule has 0 atom stereocenters. The van der Waals surface area contributed by atoms with E-state index in [0.29, 0.717) is 9.64 Å². The molecule has 3 N–H and O–H groups in total. The third-order valence-electron chi connectivity index (χ3n) is 2.42. The highest BCUT2D eigenvalue weighted by Crippen LogP contribution is 2.23. The van der Waals surface area contributed by atoms with Crippen LogP contribution in [0.5, 0.6) is 0 Å². The molecule has 0 fully saturated rings. The molecule has 1 aromatic carbocycles. The minimum absolute atomic E-state index is 0.0438. The summed E-state index contributed by atoms with van der Waals surface area (Å²) in [5.74, 6) is -1.31. The second-order valence-electron chi connectivity index (χ2n) is 3.94. The fourth-order valence-corrected chi connectivity index (χ4v) is 2.39. The van der Waals surface area contributed by atoms with Gasteiger partial charge >= 0.3 is 5.97 Å². The Morgan fingerprint density at radius 3 is 2.55 bits per heavy atom. The van der Waals surface area contributed by atoms with Gasteiger partial charge in [0.15, 0.2) is 3.95 Å². The summed E-state index contributed by atoms with van der Waals surface area (Å²) in [6, 6.07) is 7.10. The van der Waals surface area contributed by atoms with Gasteiger partial charge < -0.3 is 10.4 Å². The third kappa shape index (κ3) is 3.97. The maximum Gasteiger partial charge on any atom is 0.303 e. The summed E-state index contributed by atoms with van der Waals surface area (Å²) in [7, 11) is 0. The molecule has 0 bridgehead atoms. The molecule has 0 aliphatic heterocycles. The molecule has 20 heavy (non-hydrogen) atoms. The van der Waals surface area contributed by atoms with Gasteiger partial charge in [-0.1, -0.05) is 11.3 Å². The van der Waals surface area contributed by atoms with E-state index in [4.69, 9.17) is 17.3 Å². The second kappa shape index (κ2) is 6.40. The van der Waals surface area contributed by atoms with Gasteiger partial charge in [0.25, 0.3) is 0 Å². The fourth-order valence-electron chi connectivity index (χ4n) is 1.49. The van der Waals surface area contributed by atoms with Crippen molar-refractivity contribution < 1.29 is 14.7 Å². The molecule has 8 heteroatoms. The van der Waals surface area contributed by atoms with Gasteiger partial charge in [-0.2, -0.15) is 5.10 Å². The van der Waals surface area contributed by atoms with Crippen LogP contribution in [0, 0.1) is 3.95 Å². The number of carboxylic acid groups (broad SMARTS) is 1. The predicted molar refractivity (Wildman–Crippen MR) is 78.2 cm³/mol. The molecular formula is C12H11N3O3S2. The number of carboxylic acids is 1. The minimum Gasteiger partial charge on any atom is -0.481 e. The number of hydrogen-bond donors (Lipinski definition) is 3. The lowest BCUT2D eigenvalue weighted by Crippen LogP contribution is -2.13. The van der Waals surface area contributed by atoms with E-state index in [1.54, 1.807) is 12.1 Å². The van der Waals surface area contributed by atoms with E-state index in [0.717, 1.165) is 10.6 Å². The number of aliphatic carboxylic acids is 1. The first kappa shape index (κ1) is 14.4. The number of hydrogen-bond acceptors (Lipinski definition) is 5. The van der Waals surface area contributed by atoms with Crippen LogP contribution in [0.2, 0.25) is 0 Å². The van der Waals surface area contributed by atoms with Crippen molar-refractivity contribution in [2.75, 3.05) is 5.32 Å². The number of benzene rings is 1. The highest BCUT2D eigenvalue weighted by atomic mass is 32.1. The number of aromatic nitrogens is 2. The molecule has 2 aromatic rings. The van der Waals surface area contributed by atoms with E-state index < -0.39 is 5.97 Å². The first-order valence-corrected chi connectivity index (χ1v) is 6.94. The first-order valence-electron chi connectivity index (χ1n) is 5.72. The number of rotatable bonds is 5. The van der Waals surface area contributed by atoms with Crippen molar-refractivity contribution in [3.8, 4) is 10.6 Å². The van der Waals surface area contributed by atoms with Crippen LogP contribution in [0.1, 0.15) is 12.8 Å². The Hall–Kier alpha value is -2.06. The van der Waals surface area contributed by atoms with Crippen LogP contribution in [0.15, 0.2) is 24.3 Å². The zero-order valence-corrected chi connectivity index (χ0v) is 11.9. The van der Waals surface area contributed by atoms with Crippen LogP contribution in [-0.2, 0) is 9.59 Å². The Bertz CT molecular complexity index is 676. The fraction of sp³-hybridized carbons (Fsp3) is 0.167. The van der Waals surface area contributed by atoms with Gasteiger partial charge in [-0.15, -0.1) is 0 Å². The van der Waals surface area contributed by atoms with Crippen LogP contribution in [0.4, 0.5) is 5.69 Å². The lowest BCUT2D eigenvalue weighted by Gasteiger charge is -2.04. The van der Waals surface area contributed by atoms with Crippen molar-refractivity contribution >= 4 is 41.1 Å². The maximum absolute atomic E-state index is 11.5. The monoisotopic (exact) mass is 309 g/mol. The van der Waals surface area contributed by atoms with Crippen LogP contribution in [0.25, 0.3) is 10.6 Å². The van der Waals surface area contributed by atoms with E-state index >= 15 is 0 Å². The predicted octanol–water partition coefficient (Wildman–Crippen LogP) is 2.67. The molecular weight excluding hydrogens is 298 g/mol. The van der Waals surface area contributed by atoms with Crippen LogP contribution in [0.3, 0.4) is 0 Å². The third-order valence-corrected chi connectivity index (χ3v) is 3.56. The number of anilines is 1. The summed E-state index contributed by atoms with van der Waals surface area (Å²) in [5.41, 5.74) is 1.51. The molecule has 2 rings (SSSR count). The average molecular weight is 309 g/mol. The number of H-pyrrole nitrogens is 1. The minimum atomic E-state index is -0.991. The van der Waals surface area contributed by atoms with E-state index in [2.05, 4.69) is 15.5 Å². The van der Waals surface area contributed by atoms with Gasteiger partial charge in [0.2, 0.25) is 5.91 Å². The maximum atomic E-state index is 11.5. The SMILES string of the molecule is O=C(O)CCC(=O)Nc1ccc(-c2n[nH]c(=S)s2)cc1. The summed E-state index contributed by atoms with van der Waals surface area (Å²) in [6.45, 7) is 0. The van der Waals surface area contributed by atoms with Gasteiger partial charge in [0.05, 0.1) is 6.42 Å². The highest BCUT2D eigenvalue weighted by Gasteiger charge is 2.06. The van der Waals surface area contributed by atoms with Gasteiger partial charge in [-0.25, -0.2) is 0 Å². The van der Waals surface area contributed by atoms with E-state index in [1.807, 2.05) is 12.1 Å². The van der Waals surface area contributed by atoms with Crippen molar-refractivity contribution in [1.82, 2.24) is 10.2 Å². The lowest BCUT2D eigenvalue weighted by atomic mass is 10.2. The Morgan fingerprint density at radius 1 is 1.30 bits per heavy atom. The Morgan fingerprint density at radius 2 is 2.00 bits per heavy atom. The van der Waals surface area contributed by atoms with Crippen LogP contribution < -0.4 is 5.32 Å². The number of carbonyl (C=O) groups is 2. The molecule has 104 valence electrons. The zero-order valence-electron chi connectivity index (χ0n) is 10.3.